The third kappa shape index (κ3) is 6.89. The number of carboxylic acid groups (broad SMARTS) is 1. The maximum absolute atomic E-state index is 11.7. The number of nitrogens with one attached hydrogen (secondary N) is 2. The van der Waals surface area contributed by atoms with Gasteiger partial charge in [-0.1, -0.05) is 12.1 Å². The predicted octanol–water partition coefficient (Wildman–Crippen LogP) is 1.34. The lowest BCUT2D eigenvalue weighted by Gasteiger charge is -2.14. The van der Waals surface area contributed by atoms with Crippen molar-refractivity contribution in [3.05, 3.63) is 35.4 Å². The van der Waals surface area contributed by atoms with E-state index in [1.165, 1.54) is 12.1 Å². The van der Waals surface area contributed by atoms with E-state index >= 15 is 0 Å². The molecule has 2 amide bonds. The van der Waals surface area contributed by atoms with Crippen LogP contribution in [0.3, 0.4) is 0 Å². The van der Waals surface area contributed by atoms with Gasteiger partial charge in [-0.15, -0.1) is 0 Å². The van der Waals surface area contributed by atoms with Crippen LogP contribution in [0.25, 0.3) is 0 Å². The van der Waals surface area contributed by atoms with Gasteiger partial charge >= 0.3 is 12.0 Å². The standard InChI is InChI=1S/C14H20N2O4S/c1-10(7-8-21(2)20)16-14(19)15-9-11-3-5-12(6-4-11)13(17)18/h3-6,10H,7-9H2,1-2H3,(H,17,18)(H2,15,16,19). The molecule has 2 atom stereocenters. The van der Waals surface area contributed by atoms with Crippen molar-refractivity contribution < 1.29 is 18.9 Å². The van der Waals surface area contributed by atoms with Crippen molar-refractivity contribution in [2.45, 2.75) is 25.9 Å². The van der Waals surface area contributed by atoms with Crippen LogP contribution in [0.5, 0.6) is 0 Å². The monoisotopic (exact) mass is 312 g/mol. The third-order valence-corrected chi connectivity index (χ3v) is 3.68. The molecule has 0 heterocycles. The number of carbonyl (C=O) groups excluding carboxylic acids is 1. The van der Waals surface area contributed by atoms with E-state index in [0.717, 1.165) is 5.56 Å². The van der Waals surface area contributed by atoms with E-state index in [1.54, 1.807) is 18.4 Å². The Balaban J connectivity index is 2.35. The van der Waals surface area contributed by atoms with Gasteiger partial charge in [0.1, 0.15) is 0 Å². The number of carboxylic acids is 1. The zero-order chi connectivity index (χ0) is 15.8. The van der Waals surface area contributed by atoms with Gasteiger partial charge in [0.25, 0.3) is 0 Å². The molecule has 2 unspecified atom stereocenters. The molecule has 0 bridgehead atoms. The lowest BCUT2D eigenvalue weighted by molar-refractivity contribution is 0.0697. The largest absolute Gasteiger partial charge is 0.478 e. The second-order valence-electron chi connectivity index (χ2n) is 4.80. The van der Waals surface area contributed by atoms with Crippen LogP contribution in [-0.4, -0.2) is 39.4 Å². The minimum Gasteiger partial charge on any atom is -0.478 e. The maximum atomic E-state index is 11.7. The number of carbonyl (C=O) groups is 2. The molecule has 0 aromatic heterocycles. The molecule has 1 rings (SSSR count). The Kier molecular flexibility index (Phi) is 6.87. The van der Waals surface area contributed by atoms with Crippen LogP contribution < -0.4 is 10.6 Å². The highest BCUT2D eigenvalue weighted by Crippen LogP contribution is 2.04. The molecule has 0 saturated carbocycles. The molecule has 1 aromatic carbocycles. The Morgan fingerprint density at radius 2 is 1.90 bits per heavy atom. The van der Waals surface area contributed by atoms with E-state index in [9.17, 15) is 13.8 Å². The first-order valence-corrected chi connectivity index (χ1v) is 8.28. The van der Waals surface area contributed by atoms with Crippen molar-refractivity contribution in [3.8, 4) is 0 Å². The highest BCUT2D eigenvalue weighted by molar-refractivity contribution is 7.84. The van der Waals surface area contributed by atoms with Crippen molar-refractivity contribution in [2.75, 3.05) is 12.0 Å². The minimum absolute atomic E-state index is 0.0525. The molecule has 0 aliphatic heterocycles. The van der Waals surface area contributed by atoms with Crippen LogP contribution in [0.2, 0.25) is 0 Å². The number of aromatic carboxylic acids is 1. The van der Waals surface area contributed by atoms with Crippen LogP contribution in [0.4, 0.5) is 4.79 Å². The summed E-state index contributed by atoms with van der Waals surface area (Å²) in [5, 5.41) is 14.2. The Hall–Kier alpha value is -1.89. The first-order chi connectivity index (χ1) is 9.88. The average molecular weight is 312 g/mol. The Morgan fingerprint density at radius 3 is 2.43 bits per heavy atom. The van der Waals surface area contributed by atoms with Crippen LogP contribution >= 0.6 is 0 Å². The van der Waals surface area contributed by atoms with Crippen molar-refractivity contribution in [1.82, 2.24) is 10.6 Å². The Bertz CT molecular complexity index is 516. The van der Waals surface area contributed by atoms with Crippen molar-refractivity contribution >= 4 is 22.8 Å². The number of rotatable bonds is 7. The fourth-order valence-corrected chi connectivity index (χ4v) is 2.32. The zero-order valence-electron chi connectivity index (χ0n) is 12.1. The summed E-state index contributed by atoms with van der Waals surface area (Å²) < 4.78 is 11.0. The summed E-state index contributed by atoms with van der Waals surface area (Å²) in [4.78, 5) is 22.4. The summed E-state index contributed by atoms with van der Waals surface area (Å²) >= 11 is 0. The summed E-state index contributed by atoms with van der Waals surface area (Å²) in [7, 11) is -0.860. The fraction of sp³-hybridized carbons (Fsp3) is 0.429. The fourth-order valence-electron chi connectivity index (χ4n) is 1.64. The van der Waals surface area contributed by atoms with E-state index in [-0.39, 0.29) is 17.6 Å². The third-order valence-electron chi connectivity index (χ3n) is 2.87. The van der Waals surface area contributed by atoms with Gasteiger partial charge in [0.05, 0.1) is 5.56 Å². The average Bonchev–Trinajstić information content (AvgIpc) is 2.43. The van der Waals surface area contributed by atoms with Crippen LogP contribution in [0, 0.1) is 0 Å². The van der Waals surface area contributed by atoms with Crippen LogP contribution in [0.15, 0.2) is 24.3 Å². The summed E-state index contributed by atoms with van der Waals surface area (Å²) in [6.07, 6.45) is 2.29. The number of amides is 2. The van der Waals surface area contributed by atoms with Crippen molar-refractivity contribution in [3.63, 3.8) is 0 Å². The molecule has 6 nitrogen and oxygen atoms in total. The molecule has 21 heavy (non-hydrogen) atoms. The van der Waals surface area contributed by atoms with E-state index in [0.29, 0.717) is 18.7 Å². The SMILES string of the molecule is CC(CCS(C)=O)NC(=O)NCc1ccc(C(=O)O)cc1. The van der Waals surface area contributed by atoms with Crippen molar-refractivity contribution in [1.29, 1.82) is 0 Å². The Morgan fingerprint density at radius 1 is 1.29 bits per heavy atom. The molecule has 0 saturated heterocycles. The van der Waals surface area contributed by atoms with Gasteiger partial charge in [0, 0.05) is 35.4 Å². The number of benzene rings is 1. The van der Waals surface area contributed by atoms with Gasteiger partial charge in [0.2, 0.25) is 0 Å². The van der Waals surface area contributed by atoms with Crippen LogP contribution in [0.1, 0.15) is 29.3 Å². The second-order valence-corrected chi connectivity index (χ2v) is 6.35. The molecular formula is C14H20N2O4S. The summed E-state index contributed by atoms with van der Waals surface area (Å²) in [5.41, 5.74) is 1.03. The molecule has 0 aliphatic rings. The zero-order valence-corrected chi connectivity index (χ0v) is 12.9. The van der Waals surface area contributed by atoms with Gasteiger partial charge < -0.3 is 15.7 Å². The first kappa shape index (κ1) is 17.2. The summed E-state index contributed by atoms with van der Waals surface area (Å²) in [5.74, 6) is -0.424. The molecule has 0 aliphatic carbocycles. The summed E-state index contributed by atoms with van der Waals surface area (Å²) in [6, 6.07) is 5.96. The quantitative estimate of drug-likeness (QED) is 0.708. The van der Waals surface area contributed by atoms with Gasteiger partial charge in [-0.25, -0.2) is 9.59 Å². The smallest absolute Gasteiger partial charge is 0.335 e. The number of hydrogen-bond acceptors (Lipinski definition) is 3. The van der Waals surface area contributed by atoms with Crippen LogP contribution in [-0.2, 0) is 17.3 Å². The van der Waals surface area contributed by atoms with E-state index in [2.05, 4.69) is 10.6 Å². The van der Waals surface area contributed by atoms with E-state index in [4.69, 9.17) is 5.11 Å². The Labute approximate surface area is 126 Å². The molecular weight excluding hydrogens is 292 g/mol. The minimum atomic E-state index is -0.977. The highest BCUT2D eigenvalue weighted by Gasteiger charge is 2.08. The molecule has 0 fully saturated rings. The molecule has 0 spiro atoms. The highest BCUT2D eigenvalue weighted by atomic mass is 32.2. The number of urea groups is 1. The van der Waals surface area contributed by atoms with Gasteiger partial charge in [0.15, 0.2) is 0 Å². The lowest BCUT2D eigenvalue weighted by atomic mass is 10.1. The molecule has 0 radical (unpaired) electrons. The molecule has 1 aromatic rings. The first-order valence-electron chi connectivity index (χ1n) is 6.55. The van der Waals surface area contributed by atoms with Gasteiger partial charge in [-0.3, -0.25) is 4.21 Å². The summed E-state index contributed by atoms with van der Waals surface area (Å²) in [6.45, 7) is 2.17. The molecule has 7 heteroatoms. The van der Waals surface area contributed by atoms with Gasteiger partial charge in [-0.05, 0) is 31.0 Å². The second kappa shape index (κ2) is 8.41. The predicted molar refractivity (Wildman–Crippen MR) is 81.8 cm³/mol. The lowest BCUT2D eigenvalue weighted by Crippen LogP contribution is -2.40. The van der Waals surface area contributed by atoms with E-state index < -0.39 is 16.8 Å². The topological polar surface area (TPSA) is 95.5 Å². The van der Waals surface area contributed by atoms with Crippen molar-refractivity contribution in [2.24, 2.45) is 0 Å². The molecule has 116 valence electrons. The maximum Gasteiger partial charge on any atom is 0.335 e. The molecule has 3 N–H and O–H groups in total. The normalized spacial score (nSPS) is 13.2. The number of hydrogen-bond donors (Lipinski definition) is 3. The van der Waals surface area contributed by atoms with E-state index in [1.807, 2.05) is 6.92 Å². The van der Waals surface area contributed by atoms with Gasteiger partial charge in [-0.2, -0.15) is 0 Å².